The van der Waals surface area contributed by atoms with Crippen molar-refractivity contribution in [3.63, 3.8) is 0 Å². The lowest BCUT2D eigenvalue weighted by atomic mass is 10.2. The Hall–Kier alpha value is -0.160. The van der Waals surface area contributed by atoms with E-state index >= 15 is 0 Å². The van der Waals surface area contributed by atoms with Crippen LogP contribution in [0.2, 0.25) is 0 Å². The molecule has 0 aromatic rings. The molecule has 0 rings (SSSR count). The molecule has 0 spiro atoms. The molecule has 0 aliphatic carbocycles. The van der Waals surface area contributed by atoms with Gasteiger partial charge in [0.2, 0.25) is 0 Å². The molecule has 0 aliphatic rings. The molecule has 13 heavy (non-hydrogen) atoms. The molecular weight excluding hydrogens is 170 g/mol. The minimum atomic E-state index is -0.609. The van der Waals surface area contributed by atoms with E-state index < -0.39 is 12.5 Å². The molecule has 3 N–H and O–H groups in total. The van der Waals surface area contributed by atoms with Gasteiger partial charge < -0.3 is 15.3 Å². The van der Waals surface area contributed by atoms with E-state index in [1.807, 2.05) is 13.8 Å². The molecule has 0 heterocycles. The molecule has 0 saturated carbocycles. The zero-order valence-electron chi connectivity index (χ0n) is 8.77. The van der Waals surface area contributed by atoms with Gasteiger partial charge in [-0.25, -0.2) is 0 Å². The van der Waals surface area contributed by atoms with Gasteiger partial charge in [0.05, 0.1) is 13.7 Å². The van der Waals surface area contributed by atoms with Gasteiger partial charge in [-0.2, -0.15) is 0 Å². The van der Waals surface area contributed by atoms with Crippen molar-refractivity contribution in [1.82, 2.24) is 0 Å². The number of rotatable bonds is 6. The van der Waals surface area contributed by atoms with E-state index in [1.165, 1.54) is 0 Å². The van der Waals surface area contributed by atoms with Crippen LogP contribution in [-0.2, 0) is 0 Å². The van der Waals surface area contributed by atoms with Crippen LogP contribution in [0, 0.1) is 0 Å². The summed E-state index contributed by atoms with van der Waals surface area (Å²) in [6.07, 6.45) is -0.0644. The van der Waals surface area contributed by atoms with E-state index in [4.69, 9.17) is 5.11 Å². The molecular formula is C9H22NO3+. The van der Waals surface area contributed by atoms with Crippen molar-refractivity contribution in [3.05, 3.63) is 0 Å². The van der Waals surface area contributed by atoms with Crippen LogP contribution in [0.15, 0.2) is 0 Å². The van der Waals surface area contributed by atoms with E-state index in [1.54, 1.807) is 7.05 Å². The third kappa shape index (κ3) is 2.91. The predicted octanol–water partition coefficient (Wildman–Crippen LogP) is -0.118. The van der Waals surface area contributed by atoms with Crippen LogP contribution in [0.25, 0.3) is 0 Å². The van der Waals surface area contributed by atoms with Gasteiger partial charge in [0.25, 0.3) is 0 Å². The number of hydrogen-bond acceptors (Lipinski definition) is 3. The summed E-state index contributed by atoms with van der Waals surface area (Å²) in [6, 6.07) is 0. The fourth-order valence-corrected chi connectivity index (χ4v) is 1.55. The van der Waals surface area contributed by atoms with Crippen LogP contribution in [0.5, 0.6) is 0 Å². The molecule has 80 valence electrons. The summed E-state index contributed by atoms with van der Waals surface area (Å²) in [5.74, 6) is 0. The summed E-state index contributed by atoms with van der Waals surface area (Å²) < 4.78 is 0.115. The van der Waals surface area contributed by atoms with Crippen molar-refractivity contribution < 1.29 is 19.8 Å². The Balaban J connectivity index is 4.50. The average molecular weight is 192 g/mol. The zero-order valence-corrected chi connectivity index (χ0v) is 8.77. The van der Waals surface area contributed by atoms with Gasteiger partial charge in [0, 0.05) is 12.8 Å². The van der Waals surface area contributed by atoms with Gasteiger partial charge in [0.15, 0.2) is 12.5 Å². The number of likely N-dealkylation sites (N-methyl/N-ethyl adjacent to an activating group) is 1. The van der Waals surface area contributed by atoms with Crippen LogP contribution in [0.3, 0.4) is 0 Å². The lowest BCUT2D eigenvalue weighted by Gasteiger charge is -2.41. The Bertz CT molecular complexity index is 131. The molecule has 0 amide bonds. The standard InChI is InChI=1S/C9H22NO3/c1-4-8(12)10(3,6-7-11)9(13)5-2/h8-9,11-13H,4-7H2,1-3H3/q+1. The molecule has 0 fully saturated rings. The maximum absolute atomic E-state index is 9.71. The summed E-state index contributed by atoms with van der Waals surface area (Å²) in [6.45, 7) is 4.08. The number of aliphatic hydroxyl groups excluding tert-OH is 3. The smallest absolute Gasteiger partial charge is 0.192 e. The number of hydrogen-bond donors (Lipinski definition) is 3. The van der Waals surface area contributed by atoms with E-state index in [-0.39, 0.29) is 11.1 Å². The summed E-state index contributed by atoms with van der Waals surface area (Å²) in [5, 5.41) is 28.3. The summed E-state index contributed by atoms with van der Waals surface area (Å²) in [7, 11) is 1.76. The van der Waals surface area contributed by atoms with Crippen molar-refractivity contribution in [2.75, 3.05) is 20.2 Å². The first kappa shape index (κ1) is 12.8. The van der Waals surface area contributed by atoms with E-state index in [9.17, 15) is 10.2 Å². The quantitative estimate of drug-likeness (QED) is 0.406. The molecule has 2 unspecified atom stereocenters. The first-order valence-electron chi connectivity index (χ1n) is 4.84. The highest BCUT2D eigenvalue weighted by Gasteiger charge is 2.35. The monoisotopic (exact) mass is 192 g/mol. The Morgan fingerprint density at radius 1 is 1.08 bits per heavy atom. The lowest BCUT2D eigenvalue weighted by molar-refractivity contribution is -0.994. The van der Waals surface area contributed by atoms with E-state index in [0.717, 1.165) is 0 Å². The van der Waals surface area contributed by atoms with Gasteiger partial charge in [0.1, 0.15) is 6.54 Å². The van der Waals surface area contributed by atoms with E-state index in [0.29, 0.717) is 19.4 Å². The second kappa shape index (κ2) is 5.54. The molecule has 0 aromatic heterocycles. The fourth-order valence-electron chi connectivity index (χ4n) is 1.55. The normalized spacial score (nSPS) is 20.8. The molecule has 0 saturated heterocycles. The van der Waals surface area contributed by atoms with Crippen molar-refractivity contribution >= 4 is 0 Å². The molecule has 0 aromatic carbocycles. The first-order chi connectivity index (χ1) is 6.02. The van der Waals surface area contributed by atoms with Crippen LogP contribution in [-0.4, -0.2) is 52.5 Å². The topological polar surface area (TPSA) is 60.7 Å². The summed E-state index contributed by atoms with van der Waals surface area (Å²) >= 11 is 0. The molecule has 0 radical (unpaired) electrons. The Morgan fingerprint density at radius 3 is 1.69 bits per heavy atom. The predicted molar refractivity (Wildman–Crippen MR) is 50.7 cm³/mol. The van der Waals surface area contributed by atoms with Crippen LogP contribution < -0.4 is 0 Å². The fraction of sp³-hybridized carbons (Fsp3) is 1.00. The largest absolute Gasteiger partial charge is 0.391 e. The Labute approximate surface area is 80.0 Å². The van der Waals surface area contributed by atoms with Crippen molar-refractivity contribution in [2.45, 2.75) is 39.1 Å². The molecule has 0 aliphatic heterocycles. The number of quaternary nitrogens is 1. The summed E-state index contributed by atoms with van der Waals surface area (Å²) in [5.41, 5.74) is 0. The van der Waals surface area contributed by atoms with Crippen LogP contribution >= 0.6 is 0 Å². The van der Waals surface area contributed by atoms with Crippen LogP contribution in [0.1, 0.15) is 26.7 Å². The second-order valence-electron chi connectivity index (χ2n) is 3.57. The highest BCUT2D eigenvalue weighted by Crippen LogP contribution is 2.17. The molecule has 4 nitrogen and oxygen atoms in total. The minimum absolute atomic E-state index is 0.0232. The third-order valence-electron chi connectivity index (χ3n) is 2.67. The average Bonchev–Trinajstić information content (AvgIpc) is 2.15. The molecule has 0 bridgehead atoms. The third-order valence-corrected chi connectivity index (χ3v) is 2.67. The number of nitrogens with zero attached hydrogens (tertiary/aromatic N) is 1. The van der Waals surface area contributed by atoms with E-state index in [2.05, 4.69) is 0 Å². The van der Waals surface area contributed by atoms with Gasteiger partial charge in [-0.15, -0.1) is 0 Å². The lowest BCUT2D eigenvalue weighted by Crippen LogP contribution is -2.59. The Kier molecular flexibility index (Phi) is 5.48. The number of aliphatic hydroxyl groups is 3. The van der Waals surface area contributed by atoms with Crippen molar-refractivity contribution in [2.24, 2.45) is 0 Å². The zero-order chi connectivity index (χ0) is 10.5. The molecule has 4 heteroatoms. The van der Waals surface area contributed by atoms with Crippen LogP contribution in [0.4, 0.5) is 0 Å². The second-order valence-corrected chi connectivity index (χ2v) is 3.57. The van der Waals surface area contributed by atoms with Gasteiger partial charge in [-0.3, -0.25) is 4.48 Å². The maximum Gasteiger partial charge on any atom is 0.192 e. The first-order valence-corrected chi connectivity index (χ1v) is 4.84. The van der Waals surface area contributed by atoms with Gasteiger partial charge >= 0.3 is 0 Å². The SMILES string of the molecule is CCC(O)[N+](C)(CCO)C(O)CC. The molecule has 2 atom stereocenters. The van der Waals surface area contributed by atoms with Crippen molar-refractivity contribution in [1.29, 1.82) is 0 Å². The van der Waals surface area contributed by atoms with Gasteiger partial charge in [-0.1, -0.05) is 13.8 Å². The maximum atomic E-state index is 9.71. The van der Waals surface area contributed by atoms with Crippen molar-refractivity contribution in [3.8, 4) is 0 Å². The van der Waals surface area contributed by atoms with Gasteiger partial charge in [-0.05, 0) is 0 Å². The minimum Gasteiger partial charge on any atom is -0.391 e. The highest BCUT2D eigenvalue weighted by molar-refractivity contribution is 4.47. The highest BCUT2D eigenvalue weighted by atomic mass is 16.3. The summed E-state index contributed by atoms with van der Waals surface area (Å²) in [4.78, 5) is 0. The Morgan fingerprint density at radius 2 is 1.46 bits per heavy atom.